The predicted molar refractivity (Wildman–Crippen MR) is 81.6 cm³/mol. The maximum absolute atomic E-state index is 10.9. The Hall–Kier alpha value is -0.0800. The lowest BCUT2D eigenvalue weighted by Gasteiger charge is -2.43. The van der Waals surface area contributed by atoms with Gasteiger partial charge in [0.05, 0.1) is 11.7 Å². The van der Waals surface area contributed by atoms with Gasteiger partial charge in [0.25, 0.3) is 0 Å². The van der Waals surface area contributed by atoms with Gasteiger partial charge in [0.1, 0.15) is 0 Å². The van der Waals surface area contributed by atoms with Crippen molar-refractivity contribution in [3.8, 4) is 0 Å². The Bertz CT molecular complexity index is 309. The van der Waals surface area contributed by atoms with Crippen LogP contribution in [0.2, 0.25) is 0 Å². The molecule has 0 amide bonds. The van der Waals surface area contributed by atoms with Crippen LogP contribution >= 0.6 is 0 Å². The van der Waals surface area contributed by atoms with Gasteiger partial charge in [0.2, 0.25) is 0 Å². The number of ether oxygens (including phenoxy) is 1. The Morgan fingerprint density at radius 3 is 2.65 bits per heavy atom. The van der Waals surface area contributed by atoms with Crippen molar-refractivity contribution >= 4 is 0 Å². The Kier molecular flexibility index (Phi) is 4.72. The van der Waals surface area contributed by atoms with Crippen LogP contribution < -0.4 is 0 Å². The molecule has 3 rings (SSSR count). The first kappa shape index (κ1) is 14.8. The summed E-state index contributed by atoms with van der Waals surface area (Å²) in [7, 11) is 0. The maximum atomic E-state index is 10.9. The largest absolute Gasteiger partial charge is 0.393 e. The van der Waals surface area contributed by atoms with E-state index in [0.29, 0.717) is 11.8 Å². The molecule has 2 nitrogen and oxygen atoms in total. The highest BCUT2D eigenvalue weighted by Crippen LogP contribution is 2.45. The third-order valence-corrected chi connectivity index (χ3v) is 6.41. The minimum Gasteiger partial charge on any atom is -0.393 e. The van der Waals surface area contributed by atoms with Gasteiger partial charge < -0.3 is 9.84 Å². The van der Waals surface area contributed by atoms with Gasteiger partial charge in [-0.25, -0.2) is 0 Å². The van der Waals surface area contributed by atoms with Crippen molar-refractivity contribution in [1.82, 2.24) is 0 Å². The van der Waals surface area contributed by atoms with Crippen LogP contribution in [0.3, 0.4) is 0 Å². The molecular formula is C18H32O2. The zero-order valence-corrected chi connectivity index (χ0v) is 13.2. The molecule has 1 saturated heterocycles. The molecule has 1 spiro atoms. The molecule has 20 heavy (non-hydrogen) atoms. The molecule has 4 unspecified atom stereocenters. The normalized spacial score (nSPS) is 39.0. The van der Waals surface area contributed by atoms with Crippen molar-refractivity contribution in [2.45, 2.75) is 89.3 Å². The van der Waals surface area contributed by atoms with Gasteiger partial charge in [-0.3, -0.25) is 0 Å². The molecule has 0 radical (unpaired) electrons. The zero-order chi connectivity index (χ0) is 14.0. The van der Waals surface area contributed by atoms with Gasteiger partial charge in [-0.1, -0.05) is 39.0 Å². The van der Waals surface area contributed by atoms with Crippen molar-refractivity contribution in [2.24, 2.45) is 17.8 Å². The zero-order valence-electron chi connectivity index (χ0n) is 13.2. The lowest BCUT2D eigenvalue weighted by Crippen LogP contribution is -2.43. The van der Waals surface area contributed by atoms with Crippen molar-refractivity contribution in [2.75, 3.05) is 6.61 Å². The second-order valence-electron chi connectivity index (χ2n) is 7.68. The minimum absolute atomic E-state index is 0.0641. The fraction of sp³-hybridized carbons (Fsp3) is 1.00. The molecule has 2 saturated carbocycles. The predicted octanol–water partition coefficient (Wildman–Crippen LogP) is 4.30. The molecule has 3 aliphatic rings. The molecule has 2 aliphatic carbocycles. The van der Waals surface area contributed by atoms with Crippen molar-refractivity contribution in [1.29, 1.82) is 0 Å². The first-order valence-electron chi connectivity index (χ1n) is 9.04. The second kappa shape index (κ2) is 6.36. The summed E-state index contributed by atoms with van der Waals surface area (Å²) in [4.78, 5) is 0. The van der Waals surface area contributed by atoms with E-state index in [4.69, 9.17) is 4.74 Å². The Morgan fingerprint density at radius 2 is 1.90 bits per heavy atom. The third-order valence-electron chi connectivity index (χ3n) is 6.41. The fourth-order valence-corrected chi connectivity index (χ4v) is 5.12. The molecule has 0 aromatic carbocycles. The minimum atomic E-state index is -0.0641. The lowest BCUT2D eigenvalue weighted by molar-refractivity contribution is -0.122. The van der Waals surface area contributed by atoms with Crippen LogP contribution in [-0.2, 0) is 4.74 Å². The number of rotatable bonds is 3. The first-order chi connectivity index (χ1) is 9.72. The summed E-state index contributed by atoms with van der Waals surface area (Å²) in [5.41, 5.74) is 0.155. The molecule has 116 valence electrons. The van der Waals surface area contributed by atoms with E-state index in [1.807, 2.05) is 0 Å². The first-order valence-corrected chi connectivity index (χ1v) is 9.04. The Balaban J connectivity index is 1.59. The van der Waals surface area contributed by atoms with Gasteiger partial charge in [-0.05, 0) is 56.3 Å². The summed E-state index contributed by atoms with van der Waals surface area (Å²) < 4.78 is 6.13. The quantitative estimate of drug-likeness (QED) is 0.835. The molecule has 0 aromatic heterocycles. The van der Waals surface area contributed by atoms with E-state index >= 15 is 0 Å². The van der Waals surface area contributed by atoms with Crippen LogP contribution in [0, 0.1) is 17.8 Å². The van der Waals surface area contributed by atoms with Gasteiger partial charge >= 0.3 is 0 Å². The Labute approximate surface area is 124 Å². The molecule has 2 heteroatoms. The monoisotopic (exact) mass is 280 g/mol. The second-order valence-corrected chi connectivity index (χ2v) is 7.68. The fourth-order valence-electron chi connectivity index (χ4n) is 5.12. The molecule has 0 aromatic rings. The highest BCUT2D eigenvalue weighted by atomic mass is 16.5. The van der Waals surface area contributed by atoms with Crippen LogP contribution in [0.4, 0.5) is 0 Å². The van der Waals surface area contributed by atoms with Crippen LogP contribution in [-0.4, -0.2) is 23.4 Å². The molecule has 1 N–H and O–H groups in total. The summed E-state index contributed by atoms with van der Waals surface area (Å²) in [5, 5.41) is 10.9. The van der Waals surface area contributed by atoms with Gasteiger partial charge in [0.15, 0.2) is 0 Å². The number of aliphatic hydroxyl groups is 1. The van der Waals surface area contributed by atoms with Crippen molar-refractivity contribution < 1.29 is 9.84 Å². The highest BCUT2D eigenvalue weighted by Gasteiger charge is 2.43. The smallest absolute Gasteiger partial charge is 0.0686 e. The number of hydrogen-bond acceptors (Lipinski definition) is 2. The summed E-state index contributed by atoms with van der Waals surface area (Å²) in [6.07, 6.45) is 13.8. The number of hydrogen-bond donors (Lipinski definition) is 1. The van der Waals surface area contributed by atoms with Crippen molar-refractivity contribution in [3.63, 3.8) is 0 Å². The van der Waals surface area contributed by atoms with Crippen LogP contribution in [0.5, 0.6) is 0 Å². The van der Waals surface area contributed by atoms with Gasteiger partial charge in [0, 0.05) is 6.61 Å². The van der Waals surface area contributed by atoms with E-state index in [0.717, 1.165) is 25.4 Å². The van der Waals surface area contributed by atoms with Gasteiger partial charge in [-0.2, -0.15) is 0 Å². The molecular weight excluding hydrogens is 248 g/mol. The van der Waals surface area contributed by atoms with Crippen LogP contribution in [0.1, 0.15) is 77.6 Å². The molecule has 1 heterocycles. The highest BCUT2D eigenvalue weighted by molar-refractivity contribution is 4.94. The Morgan fingerprint density at radius 1 is 1.10 bits per heavy atom. The summed E-state index contributed by atoms with van der Waals surface area (Å²) in [5.74, 6) is 1.93. The van der Waals surface area contributed by atoms with E-state index in [2.05, 4.69) is 6.92 Å². The topological polar surface area (TPSA) is 29.5 Å². The molecule has 3 fully saturated rings. The van der Waals surface area contributed by atoms with E-state index < -0.39 is 0 Å². The molecule has 1 aliphatic heterocycles. The average molecular weight is 280 g/mol. The third kappa shape index (κ3) is 3.06. The van der Waals surface area contributed by atoms with Crippen LogP contribution in [0.15, 0.2) is 0 Å². The van der Waals surface area contributed by atoms with E-state index in [1.54, 1.807) is 0 Å². The van der Waals surface area contributed by atoms with E-state index in [-0.39, 0.29) is 11.7 Å². The summed E-state index contributed by atoms with van der Waals surface area (Å²) in [6.45, 7) is 3.19. The standard InChI is InChI=1S/C18H32O2/c1-2-14-6-5-7-15(12-14)17(19)16-8-11-20-18(13-16)9-3-4-10-18/h14-17,19H,2-13H2,1H3. The number of aliphatic hydroxyl groups excluding tert-OH is 1. The lowest BCUT2D eigenvalue weighted by atomic mass is 9.71. The summed E-state index contributed by atoms with van der Waals surface area (Å²) >= 11 is 0. The molecule has 0 bridgehead atoms. The summed E-state index contributed by atoms with van der Waals surface area (Å²) in [6, 6.07) is 0. The van der Waals surface area contributed by atoms with Crippen LogP contribution in [0.25, 0.3) is 0 Å². The van der Waals surface area contributed by atoms with Crippen molar-refractivity contribution in [3.05, 3.63) is 0 Å². The maximum Gasteiger partial charge on any atom is 0.0686 e. The average Bonchev–Trinajstić information content (AvgIpc) is 2.94. The van der Waals surface area contributed by atoms with E-state index in [9.17, 15) is 5.11 Å². The van der Waals surface area contributed by atoms with Gasteiger partial charge in [-0.15, -0.1) is 0 Å². The SMILES string of the molecule is CCC1CCCC(C(O)C2CCOC3(CCCC3)C2)C1. The molecule has 4 atom stereocenters. The van der Waals surface area contributed by atoms with E-state index in [1.165, 1.54) is 57.8 Å².